The fraction of sp³-hybridized carbons (Fsp3) is 0.286. The number of benzene rings is 1. The normalized spacial score (nSPS) is 19.1. The van der Waals surface area contributed by atoms with Gasteiger partial charge < -0.3 is 18.8 Å². The largest absolute Gasteiger partial charge is 0.466 e. The van der Waals surface area contributed by atoms with Crippen LogP contribution in [0.25, 0.3) is 11.2 Å². The second-order valence-electron chi connectivity index (χ2n) is 6.87. The Hall–Kier alpha value is -3.30. The Morgan fingerprint density at radius 1 is 1.16 bits per heavy atom. The topological polar surface area (TPSA) is 105 Å². The molecule has 0 saturated carbocycles. The van der Waals surface area contributed by atoms with Crippen LogP contribution in [-0.2, 0) is 23.8 Å². The predicted octanol–water partition coefficient (Wildman–Crippen LogP) is 2.82. The molecule has 0 spiro atoms. The molecule has 1 aliphatic rings. The monoisotopic (exact) mass is 442 g/mol. The molecule has 2 aromatic heterocycles. The lowest BCUT2D eigenvalue weighted by Crippen LogP contribution is -2.28. The number of imidazole rings is 1. The molecule has 0 N–H and O–H groups in total. The van der Waals surface area contributed by atoms with Crippen LogP contribution in [0, 0.1) is 0 Å². The molecule has 0 saturated heterocycles. The van der Waals surface area contributed by atoms with Crippen molar-refractivity contribution in [1.82, 2.24) is 19.5 Å². The molecular weight excluding hydrogens is 424 g/mol. The van der Waals surface area contributed by atoms with E-state index in [1.54, 1.807) is 22.8 Å². The lowest BCUT2D eigenvalue weighted by atomic mass is 10.1. The molecule has 0 amide bonds. The average Bonchev–Trinajstić information content (AvgIpc) is 3.39. The molecule has 3 atom stereocenters. The van der Waals surface area contributed by atoms with Gasteiger partial charge in [-0.3, -0.25) is 0 Å². The number of fused-ring (bicyclic) bond motifs is 1. The molecule has 0 aliphatic heterocycles. The van der Waals surface area contributed by atoms with E-state index in [0.29, 0.717) is 22.3 Å². The number of methoxy groups -OCH3 is 2. The number of carbonyl (C=O) groups is 2. The van der Waals surface area contributed by atoms with Crippen LogP contribution in [-0.4, -0.2) is 51.8 Å². The van der Waals surface area contributed by atoms with Gasteiger partial charge in [-0.2, -0.15) is 0 Å². The van der Waals surface area contributed by atoms with Gasteiger partial charge in [0.05, 0.1) is 19.5 Å². The first kappa shape index (κ1) is 21.0. The molecule has 10 heteroatoms. The summed E-state index contributed by atoms with van der Waals surface area (Å²) < 4.78 is 17.7. The Balaban J connectivity index is 1.66. The van der Waals surface area contributed by atoms with E-state index in [2.05, 4.69) is 15.0 Å². The Morgan fingerprint density at radius 2 is 1.94 bits per heavy atom. The van der Waals surface area contributed by atoms with Crippen molar-refractivity contribution in [3.63, 3.8) is 0 Å². The maximum absolute atomic E-state index is 12.9. The molecule has 4 rings (SSSR count). The number of aromatic nitrogens is 4. The molecule has 0 bridgehead atoms. The lowest BCUT2D eigenvalue weighted by Gasteiger charge is -2.23. The highest BCUT2D eigenvalue weighted by Crippen LogP contribution is 2.36. The zero-order chi connectivity index (χ0) is 22.0. The summed E-state index contributed by atoms with van der Waals surface area (Å²) >= 11 is 6.11. The Labute approximate surface area is 182 Å². The third-order valence-corrected chi connectivity index (χ3v) is 5.37. The lowest BCUT2D eigenvalue weighted by molar-refractivity contribution is -0.160. The summed E-state index contributed by atoms with van der Waals surface area (Å²) in [5, 5.41) is 0.208. The minimum Gasteiger partial charge on any atom is -0.466 e. The maximum atomic E-state index is 12.9. The van der Waals surface area contributed by atoms with Crippen LogP contribution in [0.3, 0.4) is 0 Å². The summed E-state index contributed by atoms with van der Waals surface area (Å²) in [4.78, 5) is 37.6. The Bertz CT molecular complexity index is 1150. The van der Waals surface area contributed by atoms with Gasteiger partial charge >= 0.3 is 11.9 Å². The number of ether oxygens (including phenoxy) is 3. The summed E-state index contributed by atoms with van der Waals surface area (Å²) in [6.45, 7) is 0. The van der Waals surface area contributed by atoms with Crippen molar-refractivity contribution in [3.8, 4) is 0 Å². The summed E-state index contributed by atoms with van der Waals surface area (Å²) in [6.07, 6.45) is 3.03. The van der Waals surface area contributed by atoms with E-state index in [1.807, 2.05) is 18.2 Å². The first-order chi connectivity index (χ1) is 15.0. The van der Waals surface area contributed by atoms with E-state index in [-0.39, 0.29) is 11.6 Å². The number of nitrogens with zero attached hydrogens (tertiary/aromatic N) is 4. The van der Waals surface area contributed by atoms with E-state index in [4.69, 9.17) is 25.8 Å². The van der Waals surface area contributed by atoms with Gasteiger partial charge in [0.15, 0.2) is 16.9 Å². The summed E-state index contributed by atoms with van der Waals surface area (Å²) in [6, 6.07) is 8.55. The molecule has 1 aliphatic carbocycles. The Kier molecular flexibility index (Phi) is 5.97. The van der Waals surface area contributed by atoms with Crippen LogP contribution in [0.4, 0.5) is 0 Å². The SMILES string of the molecule is COC(=O)C1=C[C@H](OC(=O)[C@H](OC)c2ccccc2)[C@H](n2cnc3c(Cl)ncnc32)C1. The molecule has 0 radical (unpaired) electrons. The molecular formula is C21H19ClN4O5. The molecule has 160 valence electrons. The van der Waals surface area contributed by atoms with Crippen molar-refractivity contribution < 1.29 is 23.8 Å². The van der Waals surface area contributed by atoms with Crippen molar-refractivity contribution in [3.05, 3.63) is 65.4 Å². The van der Waals surface area contributed by atoms with Crippen molar-refractivity contribution in [1.29, 1.82) is 0 Å². The standard InChI is InChI=1S/C21H19ClN4O5/c1-29-17(12-6-4-3-5-7-12)21(28)31-15-9-13(20(27)30-2)8-14(15)26-11-25-16-18(22)23-10-24-19(16)26/h3-7,9-11,14-15,17H,8H2,1-2H3/t14-,15+,17-/m1/s1. The number of carbonyl (C=O) groups excluding carboxylic acids is 2. The highest BCUT2D eigenvalue weighted by Gasteiger charge is 2.37. The van der Waals surface area contributed by atoms with E-state index in [9.17, 15) is 9.59 Å². The van der Waals surface area contributed by atoms with E-state index in [0.717, 1.165) is 0 Å². The van der Waals surface area contributed by atoms with E-state index in [1.165, 1.54) is 26.9 Å². The van der Waals surface area contributed by atoms with Crippen molar-refractivity contribution in [2.45, 2.75) is 24.7 Å². The molecule has 0 unspecified atom stereocenters. The number of rotatable bonds is 6. The fourth-order valence-electron chi connectivity index (χ4n) is 3.63. The highest BCUT2D eigenvalue weighted by atomic mass is 35.5. The van der Waals surface area contributed by atoms with Gasteiger partial charge in [-0.1, -0.05) is 41.9 Å². The first-order valence-corrected chi connectivity index (χ1v) is 9.81. The maximum Gasteiger partial charge on any atom is 0.340 e. The average molecular weight is 443 g/mol. The minimum atomic E-state index is -0.909. The second-order valence-corrected chi connectivity index (χ2v) is 7.23. The van der Waals surface area contributed by atoms with Gasteiger partial charge in [-0.15, -0.1) is 0 Å². The van der Waals surface area contributed by atoms with Crippen molar-refractivity contribution >= 4 is 34.7 Å². The second kappa shape index (κ2) is 8.83. The number of halogens is 1. The van der Waals surface area contributed by atoms with Crippen LogP contribution in [0.2, 0.25) is 5.15 Å². The summed E-state index contributed by atoms with van der Waals surface area (Å²) in [7, 11) is 2.73. The van der Waals surface area contributed by atoms with Gasteiger partial charge in [0.2, 0.25) is 0 Å². The summed E-state index contributed by atoms with van der Waals surface area (Å²) in [5.74, 6) is -1.07. The molecule has 3 aromatic rings. The van der Waals surface area contributed by atoms with Crippen LogP contribution < -0.4 is 0 Å². The number of esters is 2. The third-order valence-electron chi connectivity index (χ3n) is 5.10. The quantitative estimate of drug-likeness (QED) is 0.424. The zero-order valence-electron chi connectivity index (χ0n) is 16.8. The van der Waals surface area contributed by atoms with Crippen molar-refractivity contribution in [2.24, 2.45) is 0 Å². The van der Waals surface area contributed by atoms with Gasteiger partial charge in [0, 0.05) is 19.1 Å². The summed E-state index contributed by atoms with van der Waals surface area (Å²) in [5.41, 5.74) is 1.94. The minimum absolute atomic E-state index is 0.208. The van der Waals surface area contributed by atoms with Crippen LogP contribution in [0.5, 0.6) is 0 Å². The molecule has 2 heterocycles. The van der Waals surface area contributed by atoms with Gasteiger partial charge in [0.1, 0.15) is 17.9 Å². The highest BCUT2D eigenvalue weighted by molar-refractivity contribution is 6.33. The number of hydrogen-bond acceptors (Lipinski definition) is 8. The van der Waals surface area contributed by atoms with Crippen molar-refractivity contribution in [2.75, 3.05) is 14.2 Å². The van der Waals surface area contributed by atoms with Gasteiger partial charge in [0.25, 0.3) is 0 Å². The van der Waals surface area contributed by atoms with Crippen LogP contribution in [0.1, 0.15) is 24.1 Å². The fourth-order valence-corrected chi connectivity index (χ4v) is 3.81. The smallest absolute Gasteiger partial charge is 0.340 e. The first-order valence-electron chi connectivity index (χ1n) is 9.43. The van der Waals surface area contributed by atoms with Crippen LogP contribution in [0.15, 0.2) is 54.6 Å². The molecule has 1 aromatic carbocycles. The Morgan fingerprint density at radius 3 is 2.65 bits per heavy atom. The van der Waals surface area contributed by atoms with E-state index >= 15 is 0 Å². The van der Waals surface area contributed by atoms with Gasteiger partial charge in [-0.05, 0) is 11.6 Å². The molecule has 9 nitrogen and oxygen atoms in total. The molecule has 0 fully saturated rings. The molecule has 31 heavy (non-hydrogen) atoms. The van der Waals surface area contributed by atoms with E-state index < -0.39 is 30.2 Å². The van der Waals surface area contributed by atoms with Gasteiger partial charge in [-0.25, -0.2) is 24.5 Å². The zero-order valence-corrected chi connectivity index (χ0v) is 17.5. The number of hydrogen-bond donors (Lipinski definition) is 0. The third kappa shape index (κ3) is 4.01. The predicted molar refractivity (Wildman–Crippen MR) is 110 cm³/mol. The van der Waals surface area contributed by atoms with Crippen LogP contribution >= 0.6 is 11.6 Å².